The zero-order chi connectivity index (χ0) is 16.5. The molecular formula is C15H28O4Si2. The molecule has 0 spiro atoms. The Kier molecular flexibility index (Phi) is 5.25. The van der Waals surface area contributed by atoms with Crippen molar-refractivity contribution in [2.75, 3.05) is 7.11 Å². The van der Waals surface area contributed by atoms with Crippen molar-refractivity contribution < 1.29 is 18.8 Å². The fourth-order valence-electron chi connectivity index (χ4n) is 2.37. The molecule has 0 aliphatic carbocycles. The zero-order valence-electron chi connectivity index (χ0n) is 14.1. The third-order valence-corrected chi connectivity index (χ3v) is 8.36. The van der Waals surface area contributed by atoms with Crippen molar-refractivity contribution in [2.24, 2.45) is 0 Å². The molecule has 0 fully saturated rings. The van der Waals surface area contributed by atoms with Gasteiger partial charge in [0.05, 0.1) is 0 Å². The molecule has 2 N–H and O–H groups in total. The summed E-state index contributed by atoms with van der Waals surface area (Å²) >= 11 is 0. The highest BCUT2D eigenvalue weighted by Gasteiger charge is 2.59. The van der Waals surface area contributed by atoms with Crippen molar-refractivity contribution in [2.45, 2.75) is 50.9 Å². The fourth-order valence-corrected chi connectivity index (χ4v) is 4.74. The van der Waals surface area contributed by atoms with Crippen LogP contribution in [0.25, 0.3) is 0 Å². The number of hydrogen-bond acceptors (Lipinski definition) is 4. The number of benzene rings is 1. The van der Waals surface area contributed by atoms with E-state index in [0.717, 1.165) is 5.56 Å². The molecule has 0 bridgehead atoms. The predicted octanol–water partition coefficient (Wildman–Crippen LogP) is 3.17. The maximum absolute atomic E-state index is 10.8. The second-order valence-electron chi connectivity index (χ2n) is 6.92. The Bertz CT molecular complexity index is 463. The van der Waals surface area contributed by atoms with Crippen molar-refractivity contribution in [1.29, 1.82) is 0 Å². The lowest BCUT2D eigenvalue weighted by atomic mass is 9.93. The summed E-state index contributed by atoms with van der Waals surface area (Å²) < 4.78 is 11.9. The molecule has 6 heteroatoms. The molecule has 0 aliphatic rings. The lowest BCUT2D eigenvalue weighted by Crippen LogP contribution is -2.58. The maximum Gasteiger partial charge on any atom is 0.331 e. The molecule has 1 rings (SSSR count). The molecule has 0 saturated heterocycles. The summed E-state index contributed by atoms with van der Waals surface area (Å²) in [6.45, 7) is 11.0. The first kappa shape index (κ1) is 18.5. The van der Waals surface area contributed by atoms with E-state index in [2.05, 4.69) is 0 Å². The third-order valence-electron chi connectivity index (χ3n) is 4.19. The minimum Gasteiger partial charge on any atom is -0.432 e. The predicted molar refractivity (Wildman–Crippen MR) is 89.7 cm³/mol. The Hall–Kier alpha value is -0.506. The van der Waals surface area contributed by atoms with Gasteiger partial charge in [0, 0.05) is 17.7 Å². The zero-order valence-corrected chi connectivity index (χ0v) is 16.1. The summed E-state index contributed by atoms with van der Waals surface area (Å²) in [6.07, 6.45) is 0. The third kappa shape index (κ3) is 3.64. The highest BCUT2D eigenvalue weighted by atomic mass is 28.4. The van der Waals surface area contributed by atoms with E-state index in [1.807, 2.05) is 57.3 Å². The van der Waals surface area contributed by atoms with E-state index in [1.165, 1.54) is 0 Å². The van der Waals surface area contributed by atoms with Crippen molar-refractivity contribution in [3.63, 3.8) is 0 Å². The van der Waals surface area contributed by atoms with Crippen LogP contribution in [0.1, 0.15) is 19.4 Å². The molecule has 21 heavy (non-hydrogen) atoms. The first-order valence-corrected chi connectivity index (χ1v) is 12.9. The van der Waals surface area contributed by atoms with E-state index >= 15 is 0 Å². The van der Waals surface area contributed by atoms with Crippen LogP contribution in [-0.2, 0) is 14.9 Å². The smallest absolute Gasteiger partial charge is 0.331 e. The van der Waals surface area contributed by atoms with E-state index < -0.39 is 27.7 Å². The van der Waals surface area contributed by atoms with Gasteiger partial charge >= 0.3 is 8.56 Å². The average molecular weight is 329 g/mol. The molecular weight excluding hydrogens is 300 g/mol. The van der Waals surface area contributed by atoms with Gasteiger partial charge in [0.2, 0.25) is 0 Å². The van der Waals surface area contributed by atoms with Crippen molar-refractivity contribution in [3.05, 3.63) is 35.9 Å². The molecule has 0 saturated carbocycles. The summed E-state index contributed by atoms with van der Waals surface area (Å²) in [5.41, 5.74) is 0.807. The minimum atomic E-state index is -2.90. The van der Waals surface area contributed by atoms with Gasteiger partial charge in [0.15, 0.2) is 14.1 Å². The first-order valence-electron chi connectivity index (χ1n) is 7.13. The van der Waals surface area contributed by atoms with Crippen LogP contribution in [0, 0.1) is 0 Å². The van der Waals surface area contributed by atoms with Crippen molar-refractivity contribution >= 4 is 16.9 Å². The summed E-state index contributed by atoms with van der Waals surface area (Å²) in [7, 11) is -4.00. The van der Waals surface area contributed by atoms with Crippen LogP contribution in [0.4, 0.5) is 0 Å². The van der Waals surface area contributed by atoms with Gasteiger partial charge in [-0.3, -0.25) is 0 Å². The van der Waals surface area contributed by atoms with Crippen LogP contribution in [0.15, 0.2) is 30.3 Å². The summed E-state index contributed by atoms with van der Waals surface area (Å²) in [5, 5.41) is -0.664. The standard InChI is InChI=1S/C15H28O4Si2/c1-14(2,20(4,5)16)15(18-3,19-21(6,7)17)13-11-9-8-10-12-13/h8-12,16-17H,1-7H3. The van der Waals surface area contributed by atoms with Crippen LogP contribution in [0.3, 0.4) is 0 Å². The topological polar surface area (TPSA) is 58.9 Å². The van der Waals surface area contributed by atoms with E-state index in [9.17, 15) is 9.59 Å². The van der Waals surface area contributed by atoms with E-state index in [0.29, 0.717) is 0 Å². The largest absolute Gasteiger partial charge is 0.432 e. The highest BCUT2D eigenvalue weighted by molar-refractivity contribution is 6.73. The molecule has 1 aromatic rings. The van der Waals surface area contributed by atoms with Crippen LogP contribution >= 0.6 is 0 Å². The molecule has 1 atom stereocenters. The molecule has 0 amide bonds. The summed E-state index contributed by atoms with van der Waals surface area (Å²) in [6, 6.07) is 9.54. The van der Waals surface area contributed by atoms with Gasteiger partial charge in [-0.25, -0.2) is 0 Å². The quantitative estimate of drug-likeness (QED) is 0.622. The number of hydrogen-bond donors (Lipinski definition) is 2. The Morgan fingerprint density at radius 3 is 1.76 bits per heavy atom. The second-order valence-corrected chi connectivity index (χ2v) is 14.4. The Labute approximate surface area is 130 Å². The van der Waals surface area contributed by atoms with Crippen LogP contribution in [0.5, 0.6) is 0 Å². The molecule has 0 aliphatic heterocycles. The molecule has 0 heterocycles. The number of ether oxygens (including phenoxy) is 1. The lowest BCUT2D eigenvalue weighted by Gasteiger charge is -2.52. The van der Waals surface area contributed by atoms with Gasteiger partial charge in [-0.2, -0.15) is 0 Å². The molecule has 120 valence electrons. The average Bonchev–Trinajstić information content (AvgIpc) is 2.34. The van der Waals surface area contributed by atoms with Gasteiger partial charge < -0.3 is 18.8 Å². The van der Waals surface area contributed by atoms with Gasteiger partial charge in [-0.15, -0.1) is 0 Å². The first-order chi connectivity index (χ1) is 9.37. The van der Waals surface area contributed by atoms with Crippen LogP contribution in [-0.4, -0.2) is 33.6 Å². The number of methoxy groups -OCH3 is 1. The molecule has 1 aromatic carbocycles. The molecule has 0 aromatic heterocycles. The van der Waals surface area contributed by atoms with Crippen molar-refractivity contribution in [1.82, 2.24) is 0 Å². The molecule has 0 radical (unpaired) electrons. The Morgan fingerprint density at radius 2 is 1.43 bits per heavy atom. The molecule has 4 nitrogen and oxygen atoms in total. The van der Waals surface area contributed by atoms with Gasteiger partial charge in [0.1, 0.15) is 0 Å². The Balaban J connectivity index is 3.56. The highest BCUT2D eigenvalue weighted by Crippen LogP contribution is 2.55. The molecule has 1 unspecified atom stereocenters. The van der Waals surface area contributed by atoms with E-state index in [1.54, 1.807) is 20.2 Å². The van der Waals surface area contributed by atoms with Gasteiger partial charge in [-0.05, 0) is 26.2 Å². The summed E-state index contributed by atoms with van der Waals surface area (Å²) in [5.74, 6) is -1.18. The van der Waals surface area contributed by atoms with Gasteiger partial charge in [-0.1, -0.05) is 44.2 Å². The Morgan fingerprint density at radius 1 is 0.952 bits per heavy atom. The minimum absolute atomic E-state index is 0.664. The fraction of sp³-hybridized carbons (Fsp3) is 0.600. The second kappa shape index (κ2) is 5.94. The van der Waals surface area contributed by atoms with Crippen LogP contribution < -0.4 is 0 Å². The van der Waals surface area contributed by atoms with E-state index in [-0.39, 0.29) is 0 Å². The number of rotatable bonds is 6. The maximum atomic E-state index is 10.8. The van der Waals surface area contributed by atoms with E-state index in [4.69, 9.17) is 9.16 Å². The SMILES string of the molecule is COC(O[Si](C)(C)O)(c1ccccc1)C(C)(C)[Si](C)(C)O. The van der Waals surface area contributed by atoms with Crippen molar-refractivity contribution in [3.8, 4) is 0 Å². The van der Waals surface area contributed by atoms with Crippen LogP contribution in [0.2, 0.25) is 31.2 Å². The summed E-state index contributed by atoms with van der Waals surface area (Å²) in [4.78, 5) is 21.1. The lowest BCUT2D eigenvalue weighted by molar-refractivity contribution is -0.213. The normalized spacial score (nSPS) is 16.6. The monoisotopic (exact) mass is 328 g/mol. The van der Waals surface area contributed by atoms with Gasteiger partial charge in [0.25, 0.3) is 0 Å².